The Kier molecular flexibility index (Phi) is 4.90. The molecule has 1 rings (SSSR count). The van der Waals surface area contributed by atoms with Gasteiger partial charge in [0.25, 0.3) is 0 Å². The summed E-state index contributed by atoms with van der Waals surface area (Å²) in [5, 5.41) is 11.2. The molecule has 0 saturated carbocycles. The zero-order chi connectivity index (χ0) is 13.8. The molecule has 5 nitrogen and oxygen atoms in total. The Balaban J connectivity index is 2.36. The van der Waals surface area contributed by atoms with Crippen LogP contribution >= 0.6 is 0 Å². The van der Waals surface area contributed by atoms with Gasteiger partial charge >= 0.3 is 5.97 Å². The highest BCUT2D eigenvalue weighted by Crippen LogP contribution is 2.19. The van der Waals surface area contributed by atoms with Gasteiger partial charge in [0.2, 0.25) is 5.91 Å². The van der Waals surface area contributed by atoms with Crippen LogP contribution in [-0.2, 0) is 9.59 Å². The van der Waals surface area contributed by atoms with Gasteiger partial charge in [-0.1, -0.05) is 0 Å². The molecule has 1 heterocycles. The molecule has 1 saturated heterocycles. The second kappa shape index (κ2) is 6.00. The van der Waals surface area contributed by atoms with Gasteiger partial charge in [-0.3, -0.25) is 9.69 Å². The first-order valence-electron chi connectivity index (χ1n) is 6.25. The fraction of sp³-hybridized carbons (Fsp3) is 0.692. The van der Waals surface area contributed by atoms with E-state index in [0.717, 1.165) is 38.1 Å². The molecular formula is C13H22N2O3. The number of hydrogen-bond acceptors (Lipinski definition) is 3. The molecule has 0 radical (unpaired) electrons. The zero-order valence-electron chi connectivity index (χ0n) is 11.3. The van der Waals surface area contributed by atoms with Gasteiger partial charge in [0.15, 0.2) is 0 Å². The first kappa shape index (κ1) is 14.7. The highest BCUT2D eigenvalue weighted by Gasteiger charge is 2.27. The number of carboxylic acids is 1. The van der Waals surface area contributed by atoms with Crippen LogP contribution in [0.15, 0.2) is 12.2 Å². The Hall–Kier alpha value is -1.36. The predicted molar refractivity (Wildman–Crippen MR) is 69.3 cm³/mol. The maximum atomic E-state index is 11.4. The topological polar surface area (TPSA) is 69.6 Å². The number of rotatable bonds is 3. The SMILES string of the molecule is CC(C)(C)N1CCC(NC(=O)/C=C/C(=O)O)CC1. The summed E-state index contributed by atoms with van der Waals surface area (Å²) in [5.41, 5.74) is 0.165. The Morgan fingerprint density at radius 2 is 1.78 bits per heavy atom. The second-order valence-electron chi connectivity index (χ2n) is 5.61. The molecule has 0 aromatic rings. The van der Waals surface area contributed by atoms with E-state index in [1.165, 1.54) is 0 Å². The lowest BCUT2D eigenvalue weighted by molar-refractivity contribution is -0.131. The molecule has 5 heteroatoms. The van der Waals surface area contributed by atoms with Crippen molar-refractivity contribution >= 4 is 11.9 Å². The van der Waals surface area contributed by atoms with Crippen molar-refractivity contribution in [1.29, 1.82) is 0 Å². The van der Waals surface area contributed by atoms with Crippen molar-refractivity contribution < 1.29 is 14.7 Å². The van der Waals surface area contributed by atoms with Crippen molar-refractivity contribution in [3.8, 4) is 0 Å². The molecule has 0 aromatic carbocycles. The van der Waals surface area contributed by atoms with E-state index in [9.17, 15) is 9.59 Å². The first-order valence-corrected chi connectivity index (χ1v) is 6.25. The summed E-state index contributed by atoms with van der Waals surface area (Å²) in [4.78, 5) is 24.1. The zero-order valence-corrected chi connectivity index (χ0v) is 11.3. The first-order chi connectivity index (χ1) is 8.29. The molecule has 1 aliphatic rings. The number of carbonyl (C=O) groups excluding carboxylic acids is 1. The van der Waals surface area contributed by atoms with Crippen LogP contribution in [0.1, 0.15) is 33.6 Å². The molecule has 0 atom stereocenters. The highest BCUT2D eigenvalue weighted by atomic mass is 16.4. The molecule has 2 N–H and O–H groups in total. The van der Waals surface area contributed by atoms with Crippen molar-refractivity contribution in [3.63, 3.8) is 0 Å². The summed E-state index contributed by atoms with van der Waals surface area (Å²) in [6.45, 7) is 8.46. The van der Waals surface area contributed by atoms with Crippen LogP contribution in [0, 0.1) is 0 Å². The summed E-state index contributed by atoms with van der Waals surface area (Å²) >= 11 is 0. The highest BCUT2D eigenvalue weighted by molar-refractivity contribution is 5.93. The average Bonchev–Trinajstić information content (AvgIpc) is 2.26. The van der Waals surface area contributed by atoms with Gasteiger partial charge in [-0.15, -0.1) is 0 Å². The van der Waals surface area contributed by atoms with Crippen LogP contribution in [0.25, 0.3) is 0 Å². The molecule has 1 amide bonds. The third-order valence-electron chi connectivity index (χ3n) is 3.17. The Morgan fingerprint density at radius 3 is 2.22 bits per heavy atom. The summed E-state index contributed by atoms with van der Waals surface area (Å²) in [5.74, 6) is -1.43. The predicted octanol–water partition coefficient (Wildman–Crippen LogP) is 1.01. The van der Waals surface area contributed by atoms with E-state index >= 15 is 0 Å². The van der Waals surface area contributed by atoms with Crippen molar-refractivity contribution in [2.75, 3.05) is 13.1 Å². The largest absolute Gasteiger partial charge is 0.478 e. The quantitative estimate of drug-likeness (QED) is 0.737. The lowest BCUT2D eigenvalue weighted by Crippen LogP contribution is -2.50. The molecule has 0 aromatic heterocycles. The molecule has 0 bridgehead atoms. The van der Waals surface area contributed by atoms with Gasteiger partial charge in [0.05, 0.1) is 0 Å². The minimum Gasteiger partial charge on any atom is -0.478 e. The summed E-state index contributed by atoms with van der Waals surface area (Å²) < 4.78 is 0. The van der Waals surface area contributed by atoms with Crippen molar-refractivity contribution in [3.05, 3.63) is 12.2 Å². The van der Waals surface area contributed by atoms with Crippen LogP contribution in [0.4, 0.5) is 0 Å². The number of nitrogens with zero attached hydrogens (tertiary/aromatic N) is 1. The van der Waals surface area contributed by atoms with E-state index in [1.807, 2.05) is 0 Å². The average molecular weight is 254 g/mol. The number of nitrogens with one attached hydrogen (secondary N) is 1. The Morgan fingerprint density at radius 1 is 1.22 bits per heavy atom. The van der Waals surface area contributed by atoms with E-state index in [-0.39, 0.29) is 17.5 Å². The maximum Gasteiger partial charge on any atom is 0.328 e. The number of hydrogen-bond donors (Lipinski definition) is 2. The smallest absolute Gasteiger partial charge is 0.328 e. The molecule has 102 valence electrons. The summed E-state index contributed by atoms with van der Waals surface area (Å²) in [6, 6.07) is 0.148. The van der Waals surface area contributed by atoms with E-state index in [0.29, 0.717) is 0 Å². The molecule has 0 unspecified atom stereocenters. The fourth-order valence-corrected chi connectivity index (χ4v) is 2.09. The normalized spacial score (nSPS) is 19.1. The van der Waals surface area contributed by atoms with Gasteiger partial charge in [0, 0.05) is 36.8 Å². The van der Waals surface area contributed by atoms with Gasteiger partial charge in [-0.2, -0.15) is 0 Å². The molecule has 18 heavy (non-hydrogen) atoms. The molecule has 0 spiro atoms. The van der Waals surface area contributed by atoms with Crippen molar-refractivity contribution in [1.82, 2.24) is 10.2 Å². The minimum atomic E-state index is -1.10. The second-order valence-corrected chi connectivity index (χ2v) is 5.61. The van der Waals surface area contributed by atoms with E-state index < -0.39 is 5.97 Å². The van der Waals surface area contributed by atoms with Crippen LogP contribution in [-0.4, -0.2) is 46.6 Å². The monoisotopic (exact) mass is 254 g/mol. The lowest BCUT2D eigenvalue weighted by atomic mass is 9.98. The summed E-state index contributed by atoms with van der Waals surface area (Å²) in [6.07, 6.45) is 3.74. The Labute approximate surface area is 108 Å². The van der Waals surface area contributed by atoms with Gasteiger partial charge < -0.3 is 10.4 Å². The molecule has 0 aliphatic carbocycles. The van der Waals surface area contributed by atoms with Crippen LogP contribution in [0.2, 0.25) is 0 Å². The number of carboxylic acid groups (broad SMARTS) is 1. The Bertz CT molecular complexity index is 337. The number of carbonyl (C=O) groups is 2. The van der Waals surface area contributed by atoms with Gasteiger partial charge in [0.1, 0.15) is 0 Å². The van der Waals surface area contributed by atoms with Gasteiger partial charge in [-0.05, 0) is 33.6 Å². The van der Waals surface area contributed by atoms with Crippen LogP contribution in [0.5, 0.6) is 0 Å². The maximum absolute atomic E-state index is 11.4. The molecular weight excluding hydrogens is 232 g/mol. The minimum absolute atomic E-state index is 0.148. The number of aliphatic carboxylic acids is 1. The van der Waals surface area contributed by atoms with Crippen molar-refractivity contribution in [2.24, 2.45) is 0 Å². The third-order valence-corrected chi connectivity index (χ3v) is 3.17. The summed E-state index contributed by atoms with van der Waals surface area (Å²) in [7, 11) is 0. The standard InChI is InChI=1S/C13H22N2O3/c1-13(2,3)15-8-6-10(7-9-15)14-11(16)4-5-12(17)18/h4-5,10H,6-9H2,1-3H3,(H,14,16)(H,17,18)/b5-4+. The number of piperidine rings is 1. The van der Waals surface area contributed by atoms with Gasteiger partial charge in [-0.25, -0.2) is 4.79 Å². The number of amides is 1. The van der Waals surface area contributed by atoms with Crippen LogP contribution in [0.3, 0.4) is 0 Å². The van der Waals surface area contributed by atoms with Crippen LogP contribution < -0.4 is 5.32 Å². The molecule has 1 fully saturated rings. The molecule has 1 aliphatic heterocycles. The fourth-order valence-electron chi connectivity index (χ4n) is 2.09. The van der Waals surface area contributed by atoms with Crippen molar-refractivity contribution in [2.45, 2.75) is 45.2 Å². The third kappa shape index (κ3) is 4.87. The lowest BCUT2D eigenvalue weighted by Gasteiger charge is -2.40. The van der Waals surface area contributed by atoms with E-state index in [1.54, 1.807) is 0 Å². The van der Waals surface area contributed by atoms with E-state index in [4.69, 9.17) is 5.11 Å². The van der Waals surface area contributed by atoms with E-state index in [2.05, 4.69) is 31.0 Å². The number of likely N-dealkylation sites (tertiary alicyclic amines) is 1.